The third-order valence-corrected chi connectivity index (χ3v) is 6.91. The Balaban J connectivity index is 1.60. The third-order valence-electron chi connectivity index (χ3n) is 6.68. The number of rotatable bonds is 6. The number of piperidine rings is 1. The van der Waals surface area contributed by atoms with Gasteiger partial charge in [-0.15, -0.1) is 0 Å². The topological polar surface area (TPSA) is 95.8 Å². The van der Waals surface area contributed by atoms with Crippen LogP contribution in [-0.2, 0) is 9.59 Å². The van der Waals surface area contributed by atoms with E-state index in [1.54, 1.807) is 63.7 Å². The summed E-state index contributed by atoms with van der Waals surface area (Å²) in [4.78, 5) is 44.0. The smallest absolute Gasteiger partial charge is 0.349 e. The summed E-state index contributed by atoms with van der Waals surface area (Å²) >= 11 is 6.20. The number of carbonyl (C=O) groups excluding carboxylic acids is 3. The molecule has 3 aromatic rings. The van der Waals surface area contributed by atoms with Crippen molar-refractivity contribution in [3.63, 3.8) is 0 Å². The number of imidazole rings is 1. The summed E-state index contributed by atoms with van der Waals surface area (Å²) in [6, 6.07) is 8.46. The lowest BCUT2D eigenvalue weighted by Gasteiger charge is -2.40. The summed E-state index contributed by atoms with van der Waals surface area (Å²) in [6.45, 7) is 3.57. The molecule has 1 aliphatic heterocycles. The molecule has 2 N–H and O–H groups in total. The Kier molecular flexibility index (Phi) is 7.96. The fourth-order valence-electron chi connectivity index (χ4n) is 4.75. The minimum Gasteiger partial charge on any atom is -0.349 e. The number of benzene rings is 1. The Labute approximate surface area is 222 Å². The van der Waals surface area contributed by atoms with Crippen LogP contribution >= 0.6 is 11.6 Å². The molecule has 3 atom stereocenters. The van der Waals surface area contributed by atoms with E-state index in [9.17, 15) is 27.6 Å². The molecule has 1 aromatic carbocycles. The second kappa shape index (κ2) is 11.0. The van der Waals surface area contributed by atoms with Crippen LogP contribution in [0.15, 0.2) is 55.1 Å². The number of hydrogen-bond donors (Lipinski definition) is 2. The highest BCUT2D eigenvalue weighted by atomic mass is 35.5. The van der Waals surface area contributed by atoms with Gasteiger partial charge in [0.05, 0.1) is 29.6 Å². The van der Waals surface area contributed by atoms with Gasteiger partial charge in [0, 0.05) is 30.2 Å². The maximum atomic E-state index is 13.5. The zero-order valence-corrected chi connectivity index (χ0v) is 21.5. The van der Waals surface area contributed by atoms with E-state index in [1.165, 1.54) is 13.8 Å². The van der Waals surface area contributed by atoms with Crippen molar-refractivity contribution in [2.45, 2.75) is 44.4 Å². The molecule has 3 amide bonds. The van der Waals surface area contributed by atoms with E-state index in [0.29, 0.717) is 29.1 Å². The zero-order chi connectivity index (χ0) is 27.6. The molecular weight excluding hydrogens is 523 g/mol. The van der Waals surface area contributed by atoms with Crippen LogP contribution < -0.4 is 10.6 Å². The molecule has 3 heterocycles. The Morgan fingerprint density at radius 2 is 1.92 bits per heavy atom. The summed E-state index contributed by atoms with van der Waals surface area (Å²) in [5.74, 6) is -4.09. The van der Waals surface area contributed by atoms with Crippen molar-refractivity contribution in [3.05, 3.63) is 71.3 Å². The number of hydrogen-bond acceptors (Lipinski definition) is 4. The number of pyridine rings is 1. The number of nitrogens with one attached hydrogen (secondary N) is 2. The van der Waals surface area contributed by atoms with E-state index in [1.807, 2.05) is 6.07 Å². The molecule has 38 heavy (non-hydrogen) atoms. The Morgan fingerprint density at radius 3 is 2.61 bits per heavy atom. The van der Waals surface area contributed by atoms with Crippen molar-refractivity contribution in [2.24, 2.45) is 5.92 Å². The Morgan fingerprint density at radius 1 is 1.16 bits per heavy atom. The highest BCUT2D eigenvalue weighted by molar-refractivity contribution is 6.30. The molecule has 0 spiro atoms. The Hall–Kier alpha value is -3.60. The van der Waals surface area contributed by atoms with Gasteiger partial charge in [-0.25, -0.2) is 4.98 Å². The van der Waals surface area contributed by atoms with Crippen molar-refractivity contribution in [3.8, 4) is 0 Å². The largest absolute Gasteiger partial charge is 0.471 e. The van der Waals surface area contributed by atoms with Gasteiger partial charge < -0.3 is 19.9 Å². The molecule has 8 nitrogen and oxygen atoms in total. The van der Waals surface area contributed by atoms with Crippen molar-refractivity contribution in [1.29, 1.82) is 0 Å². The van der Waals surface area contributed by atoms with E-state index >= 15 is 0 Å². The normalized spacial score (nSPS) is 18.9. The van der Waals surface area contributed by atoms with Crippen LogP contribution in [0.25, 0.3) is 5.52 Å². The molecule has 4 rings (SSSR count). The van der Waals surface area contributed by atoms with Crippen LogP contribution in [0.5, 0.6) is 0 Å². The van der Waals surface area contributed by atoms with Gasteiger partial charge in [-0.3, -0.25) is 14.4 Å². The first-order valence-corrected chi connectivity index (χ1v) is 12.5. The number of halogens is 4. The second-order valence-corrected chi connectivity index (χ2v) is 10.1. The van der Waals surface area contributed by atoms with Crippen LogP contribution in [0.4, 0.5) is 13.2 Å². The summed E-state index contributed by atoms with van der Waals surface area (Å²) < 4.78 is 40.4. The van der Waals surface area contributed by atoms with E-state index in [-0.39, 0.29) is 18.4 Å². The third kappa shape index (κ3) is 5.93. The van der Waals surface area contributed by atoms with E-state index in [2.05, 4.69) is 10.3 Å². The number of likely N-dealkylation sites (tertiary alicyclic amines) is 1. The fraction of sp³-hybridized carbons (Fsp3) is 0.385. The summed E-state index contributed by atoms with van der Waals surface area (Å²) in [5, 5.41) is 5.11. The van der Waals surface area contributed by atoms with Gasteiger partial charge in [-0.1, -0.05) is 37.6 Å². The molecule has 0 saturated carbocycles. The molecule has 202 valence electrons. The van der Waals surface area contributed by atoms with Crippen molar-refractivity contribution >= 4 is 34.8 Å². The van der Waals surface area contributed by atoms with Crippen molar-refractivity contribution in [1.82, 2.24) is 24.9 Å². The summed E-state index contributed by atoms with van der Waals surface area (Å²) in [6.07, 6.45) is 0.290. The molecule has 1 fully saturated rings. The molecule has 1 saturated heterocycles. The average molecular weight is 550 g/mol. The van der Waals surface area contributed by atoms with E-state index in [4.69, 9.17) is 11.6 Å². The minimum absolute atomic E-state index is 0.106. The number of aromatic nitrogens is 2. The van der Waals surface area contributed by atoms with Gasteiger partial charge in [0.25, 0.3) is 5.91 Å². The first kappa shape index (κ1) is 27.4. The molecule has 1 aliphatic rings. The van der Waals surface area contributed by atoms with E-state index < -0.39 is 36.0 Å². The van der Waals surface area contributed by atoms with Crippen LogP contribution in [0.2, 0.25) is 5.02 Å². The first-order chi connectivity index (χ1) is 18.0. The van der Waals surface area contributed by atoms with Gasteiger partial charge in [0.1, 0.15) is 6.04 Å². The predicted octanol–water partition coefficient (Wildman–Crippen LogP) is 3.81. The monoisotopic (exact) mass is 549 g/mol. The summed E-state index contributed by atoms with van der Waals surface area (Å²) in [7, 11) is 0. The lowest BCUT2D eigenvalue weighted by atomic mass is 9.84. The fourth-order valence-corrected chi connectivity index (χ4v) is 4.95. The van der Waals surface area contributed by atoms with Crippen LogP contribution in [0.1, 0.15) is 42.1 Å². The van der Waals surface area contributed by atoms with Crippen LogP contribution in [0, 0.1) is 5.92 Å². The molecule has 2 aromatic heterocycles. The van der Waals surface area contributed by atoms with Crippen molar-refractivity contribution < 1.29 is 27.6 Å². The second-order valence-electron chi connectivity index (χ2n) is 9.62. The predicted molar refractivity (Wildman–Crippen MR) is 135 cm³/mol. The van der Waals surface area contributed by atoms with Crippen molar-refractivity contribution in [2.75, 3.05) is 13.1 Å². The summed E-state index contributed by atoms with van der Waals surface area (Å²) in [5.41, 5.74) is 1.90. The SMILES string of the molecule is CC(C)[C@H](NC(=O)C(F)(F)F)C(=O)N[C@@H]1CN(C(=O)c2cccn3cncc23)CC[C@H]1c1cccc(Cl)c1. The minimum atomic E-state index is -5.13. The van der Waals surface area contributed by atoms with Gasteiger partial charge in [-0.05, 0) is 42.2 Å². The van der Waals surface area contributed by atoms with Gasteiger partial charge in [-0.2, -0.15) is 13.2 Å². The highest BCUT2D eigenvalue weighted by Crippen LogP contribution is 2.31. The van der Waals surface area contributed by atoms with Gasteiger partial charge >= 0.3 is 12.1 Å². The highest BCUT2D eigenvalue weighted by Gasteiger charge is 2.42. The quantitative estimate of drug-likeness (QED) is 0.489. The number of alkyl halides is 3. The molecular formula is C26H27ClF3N5O3. The number of nitrogens with zero attached hydrogens (tertiary/aromatic N) is 3. The molecule has 12 heteroatoms. The van der Waals surface area contributed by atoms with Crippen LogP contribution in [0.3, 0.4) is 0 Å². The number of amides is 3. The Bertz CT molecular complexity index is 1340. The standard InChI is InChI=1S/C26H27ClF3N5O3/c1-15(2)22(33-25(38)26(28,29)30)23(36)32-20-13-34(10-8-18(20)16-5-3-6-17(27)11-16)24(37)19-7-4-9-35-14-31-12-21(19)35/h3-7,9,11-12,14-15,18,20,22H,8,10,13H2,1-2H3,(H,32,36)(H,33,38)/t18-,20+,22-/m0/s1. The lowest BCUT2D eigenvalue weighted by Crippen LogP contribution is -2.59. The maximum absolute atomic E-state index is 13.5. The zero-order valence-electron chi connectivity index (χ0n) is 20.7. The van der Waals surface area contributed by atoms with Gasteiger partial charge in [0.15, 0.2) is 0 Å². The average Bonchev–Trinajstić information content (AvgIpc) is 3.35. The van der Waals surface area contributed by atoms with Crippen LogP contribution in [-0.4, -0.2) is 63.4 Å². The maximum Gasteiger partial charge on any atom is 0.471 e. The molecule has 0 unspecified atom stereocenters. The van der Waals surface area contributed by atoms with E-state index in [0.717, 1.165) is 5.56 Å². The molecule has 0 aliphatic carbocycles. The molecule has 0 radical (unpaired) electrons. The van der Waals surface area contributed by atoms with Gasteiger partial charge in [0.2, 0.25) is 5.91 Å². The lowest BCUT2D eigenvalue weighted by molar-refractivity contribution is -0.175. The number of carbonyl (C=O) groups is 3. The number of fused-ring (bicyclic) bond motifs is 1. The molecule has 0 bridgehead atoms. The first-order valence-electron chi connectivity index (χ1n) is 12.1.